The van der Waals surface area contributed by atoms with E-state index < -0.39 is 6.03 Å². The van der Waals surface area contributed by atoms with E-state index in [-0.39, 0.29) is 23.9 Å². The van der Waals surface area contributed by atoms with E-state index in [0.717, 1.165) is 6.08 Å². The van der Waals surface area contributed by atoms with Crippen LogP contribution in [0.2, 0.25) is 0 Å². The average Bonchev–Trinajstić information content (AvgIpc) is 1.65. The molecule has 10 heteroatoms. The van der Waals surface area contributed by atoms with E-state index in [1.165, 1.54) is 0 Å². The topological polar surface area (TPSA) is 246 Å². The zero-order valence-electron chi connectivity index (χ0n) is 6.70. The van der Waals surface area contributed by atoms with Crippen LogP contribution < -0.4 is 23.8 Å². The number of carbonyl (C=O) groups is 1. The lowest BCUT2D eigenvalue weighted by molar-refractivity contribution is -0.191. The summed E-state index contributed by atoms with van der Waals surface area (Å²) in [7, 11) is 0. The third-order valence-corrected chi connectivity index (χ3v) is 0. The van der Waals surface area contributed by atoms with Gasteiger partial charge in [0.2, 0.25) is 6.08 Å². The van der Waals surface area contributed by atoms with Gasteiger partial charge in [-0.2, -0.15) is 9.59 Å². The highest BCUT2D eigenvalue weighted by molar-refractivity contribution is 5.69. The Bertz CT molecular complexity index is 130. The summed E-state index contributed by atoms with van der Waals surface area (Å²) in [6, 6.07) is -0.833. The molecule has 0 spiro atoms. The molecule has 0 bridgehead atoms. The van der Waals surface area contributed by atoms with Gasteiger partial charge >= 0.3 is 12.2 Å². The number of hydrogen-bond acceptors (Lipinski definition) is 7. The second-order valence-corrected chi connectivity index (χ2v) is 0.588. The molecule has 13 heavy (non-hydrogen) atoms. The van der Waals surface area contributed by atoms with Crippen molar-refractivity contribution in [3.8, 4) is 0 Å². The van der Waals surface area contributed by atoms with Gasteiger partial charge in [0.1, 0.15) is 0 Å². The number of nitrogens with one attached hydrogen (secondary N) is 1. The molecule has 0 radical (unpaired) electrons. The zero-order chi connectivity index (χ0) is 8.99. The van der Waals surface area contributed by atoms with Gasteiger partial charge in [0.15, 0.2) is 0 Å². The number of rotatable bonds is 0. The van der Waals surface area contributed by atoms with Crippen LogP contribution in [0.15, 0.2) is 0 Å². The first kappa shape index (κ1) is 44.4. The van der Waals surface area contributed by atoms with Gasteiger partial charge in [-0.25, -0.2) is 15.0 Å². The highest BCUT2D eigenvalue weighted by atomic mass is 16.2. The molecule has 0 saturated carbocycles. The van der Waals surface area contributed by atoms with Gasteiger partial charge in [0.05, 0.1) is 0 Å². The Labute approximate surface area is 73.2 Å². The van der Waals surface area contributed by atoms with Crippen LogP contribution in [-0.4, -0.2) is 23.7 Å². The Kier molecular flexibility index (Phi) is 318. The van der Waals surface area contributed by atoms with Crippen LogP contribution in [-0.2, 0) is 14.4 Å². The lowest BCUT2D eigenvalue weighted by atomic mass is 11.2. The first-order valence-electron chi connectivity index (χ1n) is 1.64. The summed E-state index contributed by atoms with van der Waals surface area (Å²) >= 11 is 0. The molecule has 10 nitrogen and oxygen atoms in total. The molecule has 0 aromatic rings. The monoisotopic (exact) mass is 199 g/mol. The van der Waals surface area contributed by atoms with Gasteiger partial charge in [-0.05, 0) is 0 Å². The third-order valence-electron chi connectivity index (χ3n) is 0. The Morgan fingerprint density at radius 3 is 1.08 bits per heavy atom. The van der Waals surface area contributed by atoms with Crippen molar-refractivity contribution in [1.29, 1.82) is 5.41 Å². The number of nitrogens with two attached hydrogens (primary N) is 2. The number of hydrogen-bond donors (Lipinski definition) is 5. The summed E-state index contributed by atoms with van der Waals surface area (Å²) in [6.07, 6.45) is 1.00. The van der Waals surface area contributed by atoms with Crippen molar-refractivity contribution in [2.45, 2.75) is 0 Å². The molecule has 0 saturated heterocycles. The Balaban J connectivity index is -0.0000000128. The predicted molar refractivity (Wildman–Crippen MR) is 40.8 cm³/mol. The van der Waals surface area contributed by atoms with E-state index in [1.54, 1.807) is 0 Å². The van der Waals surface area contributed by atoms with E-state index in [2.05, 4.69) is 11.5 Å². The Morgan fingerprint density at radius 2 is 1.08 bits per heavy atom. The lowest BCUT2D eigenvalue weighted by Gasteiger charge is -1.62. The van der Waals surface area contributed by atoms with Crippen molar-refractivity contribution in [2.75, 3.05) is 0 Å². The van der Waals surface area contributed by atoms with Gasteiger partial charge in [-0.3, -0.25) is 0 Å². The van der Waals surface area contributed by atoms with Crippen molar-refractivity contribution in [2.24, 2.45) is 11.5 Å². The first-order chi connectivity index (χ1) is 4.56. The molecular formula is C3H13N5O5. The van der Waals surface area contributed by atoms with Crippen molar-refractivity contribution in [3.63, 3.8) is 0 Å². The maximum atomic E-state index is 9.00. The molecule has 0 rings (SSSR count). The predicted octanol–water partition coefficient (Wildman–Crippen LogP) is -2.16. The van der Waals surface area contributed by atoms with Gasteiger partial charge < -0.3 is 29.2 Å². The first-order valence-corrected chi connectivity index (χ1v) is 1.64. The Morgan fingerprint density at radius 1 is 1.08 bits per heavy atom. The number of amides is 2. The highest BCUT2D eigenvalue weighted by Gasteiger charge is 1.60. The molecule has 2 amide bonds. The van der Waals surface area contributed by atoms with Crippen molar-refractivity contribution < 1.29 is 24.7 Å². The largest absolute Gasteiger partial charge is 0.412 e. The van der Waals surface area contributed by atoms with Gasteiger partial charge in [-0.15, -0.1) is 0 Å². The van der Waals surface area contributed by atoms with Gasteiger partial charge in [-0.1, -0.05) is 0 Å². The van der Waals surface area contributed by atoms with E-state index >= 15 is 0 Å². The van der Waals surface area contributed by atoms with E-state index in [0.29, 0.717) is 0 Å². The van der Waals surface area contributed by atoms with E-state index in [1.807, 2.05) is 0 Å². The van der Waals surface area contributed by atoms with Gasteiger partial charge in [0.25, 0.3) is 0 Å². The molecule has 13 N–H and O–H groups in total. The summed E-state index contributed by atoms with van der Waals surface area (Å²) in [5, 5.41) is 5.40. The van der Waals surface area contributed by atoms with Crippen LogP contribution in [0.25, 0.3) is 0 Å². The maximum Gasteiger partial charge on any atom is 0.373 e. The van der Waals surface area contributed by atoms with Gasteiger partial charge in [0, 0.05) is 0 Å². The molecular weight excluding hydrogens is 186 g/mol. The van der Waals surface area contributed by atoms with Crippen LogP contribution in [0.5, 0.6) is 0 Å². The number of primary amides is 2. The molecule has 0 atom stereocenters. The second-order valence-electron chi connectivity index (χ2n) is 0.588. The quantitative estimate of drug-likeness (QED) is 0.214. The zero-order valence-corrected chi connectivity index (χ0v) is 6.70. The number of urea groups is 1. The summed E-state index contributed by atoms with van der Waals surface area (Å²) in [6.45, 7) is 0. The third kappa shape index (κ3) is 142. The number of isocyanates is 1. The van der Waals surface area contributed by atoms with Crippen LogP contribution in [0, 0.1) is 5.41 Å². The normalized spacial score (nSPS) is 3.08. The number of carbonyl (C=O) groups excluding carboxylic acids is 4. The standard InChI is InChI=1S/CH4N2O.CHNO.CO2.2H3N.H2O/c2-1(3)4;2*2-1-3;;;/h(H4,2,3,4);2H;;2*1H3;1H2. The SMILES string of the molecule is N.N.N=C=O.NC(N)=O.O.O=C=O. The fraction of sp³-hybridized carbons (Fsp3) is 0. The highest BCUT2D eigenvalue weighted by Crippen LogP contribution is 1.25. The minimum absolute atomic E-state index is 0. The van der Waals surface area contributed by atoms with E-state index in [9.17, 15) is 0 Å². The van der Waals surface area contributed by atoms with Crippen LogP contribution in [0.1, 0.15) is 0 Å². The lowest BCUT2D eigenvalue weighted by Crippen LogP contribution is -2.18. The summed E-state index contributed by atoms with van der Waals surface area (Å²) in [5.74, 6) is 0. The van der Waals surface area contributed by atoms with Crippen molar-refractivity contribution in [3.05, 3.63) is 0 Å². The molecule has 0 unspecified atom stereocenters. The summed E-state index contributed by atoms with van der Waals surface area (Å²) in [4.78, 5) is 33.6. The van der Waals surface area contributed by atoms with Crippen LogP contribution >= 0.6 is 0 Å². The van der Waals surface area contributed by atoms with Crippen molar-refractivity contribution >= 4 is 18.3 Å². The van der Waals surface area contributed by atoms with Crippen LogP contribution in [0.4, 0.5) is 4.79 Å². The average molecular weight is 199 g/mol. The molecule has 0 aromatic carbocycles. The molecule has 0 heterocycles. The van der Waals surface area contributed by atoms with Crippen molar-refractivity contribution in [1.82, 2.24) is 12.3 Å². The summed E-state index contributed by atoms with van der Waals surface area (Å²) < 4.78 is 0. The molecule has 0 aliphatic rings. The Hall–Kier alpha value is -2.09. The fourth-order valence-corrected chi connectivity index (χ4v) is 0. The second kappa shape index (κ2) is 92.9. The summed E-state index contributed by atoms with van der Waals surface area (Å²) in [5.41, 5.74) is 8.50. The van der Waals surface area contributed by atoms with Crippen LogP contribution in [0.3, 0.4) is 0 Å². The van der Waals surface area contributed by atoms with E-state index in [4.69, 9.17) is 24.6 Å². The molecule has 0 fully saturated rings. The molecule has 0 aliphatic carbocycles. The molecule has 0 aliphatic heterocycles. The fourth-order valence-electron chi connectivity index (χ4n) is 0. The smallest absolute Gasteiger partial charge is 0.373 e. The minimum Gasteiger partial charge on any atom is -0.412 e. The minimum atomic E-state index is -0.833. The molecule has 0 aromatic heterocycles. The maximum absolute atomic E-state index is 9.00. The molecule has 80 valence electrons.